The second-order valence-corrected chi connectivity index (χ2v) is 11.2. The number of carboxylic acid groups (broad SMARTS) is 1. The van der Waals surface area contributed by atoms with Crippen LogP contribution < -0.4 is 9.80 Å². The highest BCUT2D eigenvalue weighted by molar-refractivity contribution is 5.78. The Kier molecular flexibility index (Phi) is 6.37. The molecule has 1 N–H and O–H groups in total. The molecule has 0 radical (unpaired) electrons. The molecule has 0 unspecified atom stereocenters. The SMILES string of the molecule is CN(CC(=O)O)c1ccccc1N(C)[C@H]1C[C@H]2CCC[C@@H](C1)N2[C@H]1C[C@@H]2CCC[C@@H](C2)C1. The van der Waals surface area contributed by atoms with E-state index in [1.165, 1.54) is 76.3 Å². The number of para-hydroxylation sites is 2. The summed E-state index contributed by atoms with van der Waals surface area (Å²) in [6.07, 6.45) is 15.4. The predicted molar refractivity (Wildman–Crippen MR) is 131 cm³/mol. The Bertz CT molecular complexity index is 788. The van der Waals surface area contributed by atoms with Crippen LogP contribution in [0.5, 0.6) is 0 Å². The first-order chi connectivity index (χ1) is 15.5. The fourth-order valence-electron chi connectivity index (χ4n) is 7.81. The molecule has 1 aromatic rings. The molecule has 0 spiro atoms. The van der Waals surface area contributed by atoms with E-state index in [-0.39, 0.29) is 6.54 Å². The van der Waals surface area contributed by atoms with Crippen LogP contribution in [0.3, 0.4) is 0 Å². The Morgan fingerprint density at radius 2 is 1.47 bits per heavy atom. The zero-order valence-corrected chi connectivity index (χ0v) is 20.0. The molecule has 176 valence electrons. The van der Waals surface area contributed by atoms with Gasteiger partial charge in [0.15, 0.2) is 0 Å². The van der Waals surface area contributed by atoms with Crippen molar-refractivity contribution in [2.45, 2.75) is 94.8 Å². The molecular formula is C27H41N3O2. The van der Waals surface area contributed by atoms with Gasteiger partial charge in [-0.3, -0.25) is 9.69 Å². The van der Waals surface area contributed by atoms with E-state index in [0.717, 1.165) is 35.6 Å². The molecule has 4 aliphatic rings. The van der Waals surface area contributed by atoms with E-state index in [0.29, 0.717) is 6.04 Å². The number of carbonyl (C=O) groups is 1. The lowest BCUT2D eigenvalue weighted by Gasteiger charge is -2.56. The summed E-state index contributed by atoms with van der Waals surface area (Å²) in [5.74, 6) is 1.19. The van der Waals surface area contributed by atoms with Crippen molar-refractivity contribution in [3.8, 4) is 0 Å². The maximum atomic E-state index is 11.3. The minimum Gasteiger partial charge on any atom is -0.480 e. The van der Waals surface area contributed by atoms with Crippen LogP contribution in [-0.4, -0.2) is 60.8 Å². The zero-order chi connectivity index (χ0) is 22.2. The van der Waals surface area contributed by atoms with E-state index in [1.807, 2.05) is 18.0 Å². The number of anilines is 2. The number of rotatable bonds is 6. The van der Waals surface area contributed by atoms with Gasteiger partial charge in [-0.25, -0.2) is 0 Å². The van der Waals surface area contributed by atoms with Crippen LogP contribution in [0.2, 0.25) is 0 Å². The molecule has 4 fully saturated rings. The summed E-state index contributed by atoms with van der Waals surface area (Å²) < 4.78 is 0. The number of fused-ring (bicyclic) bond motifs is 4. The second kappa shape index (κ2) is 9.24. The van der Waals surface area contributed by atoms with E-state index in [4.69, 9.17) is 0 Å². The molecule has 6 atom stereocenters. The lowest BCUT2D eigenvalue weighted by molar-refractivity contribution is -0.135. The molecule has 2 heterocycles. The van der Waals surface area contributed by atoms with Crippen LogP contribution in [0.4, 0.5) is 11.4 Å². The number of likely N-dealkylation sites (N-methyl/N-ethyl adjacent to an activating group) is 1. The first kappa shape index (κ1) is 22.1. The van der Waals surface area contributed by atoms with Crippen molar-refractivity contribution in [1.82, 2.24) is 4.90 Å². The number of aliphatic carboxylic acids is 1. The molecule has 4 bridgehead atoms. The number of piperidine rings is 2. The van der Waals surface area contributed by atoms with Crippen LogP contribution in [0, 0.1) is 11.8 Å². The molecule has 2 aliphatic heterocycles. The Hall–Kier alpha value is -1.75. The van der Waals surface area contributed by atoms with Crippen LogP contribution >= 0.6 is 0 Å². The van der Waals surface area contributed by atoms with Gasteiger partial charge in [0.2, 0.25) is 0 Å². The third-order valence-electron chi connectivity index (χ3n) is 9.12. The molecule has 32 heavy (non-hydrogen) atoms. The van der Waals surface area contributed by atoms with Gasteiger partial charge in [-0.2, -0.15) is 0 Å². The average Bonchev–Trinajstić information content (AvgIpc) is 2.77. The second-order valence-electron chi connectivity index (χ2n) is 11.2. The molecule has 5 nitrogen and oxygen atoms in total. The monoisotopic (exact) mass is 439 g/mol. The normalized spacial score (nSPS) is 34.7. The average molecular weight is 440 g/mol. The number of nitrogens with zero attached hydrogens (tertiary/aromatic N) is 3. The Morgan fingerprint density at radius 3 is 2.09 bits per heavy atom. The first-order valence-electron chi connectivity index (χ1n) is 13.0. The molecule has 5 rings (SSSR count). The maximum Gasteiger partial charge on any atom is 0.323 e. The van der Waals surface area contributed by atoms with Crippen molar-refractivity contribution in [3.63, 3.8) is 0 Å². The van der Waals surface area contributed by atoms with Crippen LogP contribution in [0.15, 0.2) is 24.3 Å². The minimum atomic E-state index is -0.787. The van der Waals surface area contributed by atoms with Crippen molar-refractivity contribution in [2.24, 2.45) is 11.8 Å². The molecular weight excluding hydrogens is 398 g/mol. The van der Waals surface area contributed by atoms with Crippen molar-refractivity contribution in [1.29, 1.82) is 0 Å². The van der Waals surface area contributed by atoms with Gasteiger partial charge in [0.05, 0.1) is 11.4 Å². The molecule has 2 saturated heterocycles. The first-order valence-corrected chi connectivity index (χ1v) is 13.0. The van der Waals surface area contributed by atoms with Crippen molar-refractivity contribution in [3.05, 3.63) is 24.3 Å². The summed E-state index contributed by atoms with van der Waals surface area (Å²) in [5, 5.41) is 9.28. The van der Waals surface area contributed by atoms with Crippen molar-refractivity contribution >= 4 is 17.3 Å². The summed E-state index contributed by atoms with van der Waals surface area (Å²) in [6, 6.07) is 11.1. The van der Waals surface area contributed by atoms with E-state index in [9.17, 15) is 9.90 Å². The lowest BCUT2D eigenvalue weighted by atomic mass is 9.68. The third-order valence-corrected chi connectivity index (χ3v) is 9.12. The van der Waals surface area contributed by atoms with Gasteiger partial charge in [-0.05, 0) is 68.9 Å². The highest BCUT2D eigenvalue weighted by Crippen LogP contribution is 2.46. The number of benzene rings is 1. The summed E-state index contributed by atoms with van der Waals surface area (Å²) >= 11 is 0. The fraction of sp³-hybridized carbons (Fsp3) is 0.741. The van der Waals surface area contributed by atoms with Gasteiger partial charge < -0.3 is 14.9 Å². The van der Waals surface area contributed by atoms with Gasteiger partial charge in [-0.1, -0.05) is 37.8 Å². The largest absolute Gasteiger partial charge is 0.480 e. The Balaban J connectivity index is 1.32. The number of hydrogen-bond acceptors (Lipinski definition) is 4. The van der Waals surface area contributed by atoms with E-state index in [2.05, 4.69) is 35.0 Å². The number of hydrogen-bond donors (Lipinski definition) is 1. The smallest absolute Gasteiger partial charge is 0.323 e. The Labute approximate surface area is 193 Å². The summed E-state index contributed by atoms with van der Waals surface area (Å²) in [7, 11) is 4.12. The maximum absolute atomic E-state index is 11.3. The molecule has 0 aromatic heterocycles. The Morgan fingerprint density at radius 1 is 0.875 bits per heavy atom. The summed E-state index contributed by atoms with van der Waals surface area (Å²) in [4.78, 5) is 18.6. The molecule has 2 saturated carbocycles. The van der Waals surface area contributed by atoms with E-state index < -0.39 is 5.97 Å². The van der Waals surface area contributed by atoms with E-state index in [1.54, 1.807) is 0 Å². The number of carboxylic acids is 1. The summed E-state index contributed by atoms with van der Waals surface area (Å²) in [5.41, 5.74) is 2.19. The van der Waals surface area contributed by atoms with Gasteiger partial charge in [-0.15, -0.1) is 0 Å². The van der Waals surface area contributed by atoms with Crippen LogP contribution in [0.1, 0.15) is 70.6 Å². The molecule has 2 aliphatic carbocycles. The van der Waals surface area contributed by atoms with Crippen LogP contribution in [-0.2, 0) is 4.79 Å². The van der Waals surface area contributed by atoms with Crippen molar-refractivity contribution < 1.29 is 9.90 Å². The zero-order valence-electron chi connectivity index (χ0n) is 20.0. The quantitative estimate of drug-likeness (QED) is 0.676. The van der Waals surface area contributed by atoms with Gasteiger partial charge >= 0.3 is 5.97 Å². The topological polar surface area (TPSA) is 47.0 Å². The predicted octanol–water partition coefficient (Wildman–Crippen LogP) is 5.00. The van der Waals surface area contributed by atoms with Crippen LogP contribution in [0.25, 0.3) is 0 Å². The molecule has 5 heteroatoms. The standard InChI is InChI=1S/C27H41N3O2/c1-28(18-27(31)32)25-11-3-4-12-26(25)29(2)23-16-21-9-6-10-22(17-23)30(21)24-14-19-7-5-8-20(13-19)15-24/h3-4,11-12,19-24H,5-10,13-18H2,1-2H3,(H,31,32)/t19-,20+,21-,22+,23+,24+. The highest BCUT2D eigenvalue weighted by atomic mass is 16.4. The van der Waals surface area contributed by atoms with Gasteiger partial charge in [0, 0.05) is 38.3 Å². The van der Waals surface area contributed by atoms with Crippen molar-refractivity contribution in [2.75, 3.05) is 30.4 Å². The highest BCUT2D eigenvalue weighted by Gasteiger charge is 2.45. The summed E-state index contributed by atoms with van der Waals surface area (Å²) in [6.45, 7) is 0.0264. The minimum absolute atomic E-state index is 0.0264. The van der Waals surface area contributed by atoms with Gasteiger partial charge in [0.25, 0.3) is 0 Å². The molecule has 1 aromatic carbocycles. The van der Waals surface area contributed by atoms with E-state index >= 15 is 0 Å². The van der Waals surface area contributed by atoms with Gasteiger partial charge in [0.1, 0.15) is 6.54 Å². The lowest BCUT2D eigenvalue weighted by Crippen LogP contribution is -2.61. The third kappa shape index (κ3) is 4.37. The fourth-order valence-corrected chi connectivity index (χ4v) is 7.81. The molecule has 0 amide bonds.